The van der Waals surface area contributed by atoms with Gasteiger partial charge < -0.3 is 24.5 Å². The number of hydrazine groups is 1. The first-order valence-corrected chi connectivity index (χ1v) is 20.3. The fraction of sp³-hybridized carbons (Fsp3) is 0.585. The minimum atomic E-state index is -0.822. The molecule has 6 bridgehead atoms. The Labute approximate surface area is 321 Å². The van der Waals surface area contributed by atoms with E-state index in [4.69, 9.17) is 19.5 Å². The number of carbonyl (C=O) groups excluding carboxylic acids is 3. The molecule has 290 valence electrons. The number of methoxy groups -OCH3 is 1. The van der Waals surface area contributed by atoms with Gasteiger partial charge in [0.05, 0.1) is 41.3 Å². The molecule has 13 heteroatoms. The Balaban J connectivity index is 1.35. The van der Waals surface area contributed by atoms with E-state index in [2.05, 4.69) is 67.3 Å². The van der Waals surface area contributed by atoms with E-state index in [-0.39, 0.29) is 54.7 Å². The molecule has 1 aliphatic carbocycles. The van der Waals surface area contributed by atoms with Crippen molar-refractivity contribution in [1.82, 2.24) is 25.3 Å². The predicted octanol–water partition coefficient (Wildman–Crippen LogP) is 5.38. The Morgan fingerprint density at radius 2 is 1.98 bits per heavy atom. The number of hydrogen-bond acceptors (Lipinski definition) is 10. The molecule has 1 aromatic carbocycles. The van der Waals surface area contributed by atoms with Gasteiger partial charge in [-0.1, -0.05) is 33.8 Å². The molecule has 3 aliphatic heterocycles. The highest BCUT2D eigenvalue weighted by molar-refractivity contribution is 8.14. The van der Waals surface area contributed by atoms with E-state index < -0.39 is 29.6 Å². The molecule has 4 aliphatic rings. The van der Waals surface area contributed by atoms with E-state index in [0.717, 1.165) is 44.0 Å². The summed E-state index contributed by atoms with van der Waals surface area (Å²) >= 11 is 1.62. The molecule has 2 aromatic heterocycles. The lowest BCUT2D eigenvalue weighted by molar-refractivity contribution is -0.155. The molecule has 7 rings (SSSR count). The Morgan fingerprint density at radius 1 is 1.20 bits per heavy atom. The van der Waals surface area contributed by atoms with Gasteiger partial charge in [0.15, 0.2) is 0 Å². The molecule has 1 unspecified atom stereocenters. The Hall–Kier alpha value is -3.78. The van der Waals surface area contributed by atoms with Gasteiger partial charge >= 0.3 is 5.97 Å². The van der Waals surface area contributed by atoms with E-state index in [1.54, 1.807) is 32.0 Å². The molecule has 1 saturated heterocycles. The van der Waals surface area contributed by atoms with Crippen LogP contribution in [0.2, 0.25) is 0 Å². The summed E-state index contributed by atoms with van der Waals surface area (Å²) in [7, 11) is 1.67. The largest absolute Gasteiger partial charge is 0.464 e. The molecule has 0 spiro atoms. The molecule has 0 radical (unpaired) electrons. The number of nitrogens with zero attached hydrogens (tertiary/aromatic N) is 4. The third-order valence-electron chi connectivity index (χ3n) is 11.7. The molecule has 2 amide bonds. The first-order chi connectivity index (χ1) is 25.8. The van der Waals surface area contributed by atoms with Crippen molar-refractivity contribution in [2.75, 3.05) is 26.0 Å². The summed E-state index contributed by atoms with van der Waals surface area (Å²) < 4.78 is 14.0. The van der Waals surface area contributed by atoms with Crippen LogP contribution in [0.25, 0.3) is 22.2 Å². The van der Waals surface area contributed by atoms with Crippen molar-refractivity contribution in [3.05, 3.63) is 53.3 Å². The smallest absolute Gasteiger partial charge is 0.324 e. The molecule has 3 N–H and O–H groups in total. The van der Waals surface area contributed by atoms with Crippen LogP contribution in [0.1, 0.15) is 89.8 Å². The van der Waals surface area contributed by atoms with Crippen molar-refractivity contribution in [2.24, 2.45) is 28.2 Å². The summed E-state index contributed by atoms with van der Waals surface area (Å²) in [5, 5.41) is 17.3. The third-order valence-corrected chi connectivity index (χ3v) is 12.8. The van der Waals surface area contributed by atoms with Crippen LogP contribution in [0.3, 0.4) is 0 Å². The Kier molecular flexibility index (Phi) is 11.0. The lowest BCUT2D eigenvalue weighted by atomic mass is 9.84. The molecular formula is C41H54N6O6S. The van der Waals surface area contributed by atoms with Gasteiger partial charge in [-0.3, -0.25) is 29.4 Å². The molecule has 1 saturated carbocycles. The number of carbonyl (C=O) groups is 3. The highest BCUT2D eigenvalue weighted by Crippen LogP contribution is 2.46. The number of ether oxygens (including phenoxy) is 2. The second-order valence-corrected chi connectivity index (χ2v) is 17.6. The van der Waals surface area contributed by atoms with Crippen molar-refractivity contribution in [2.45, 2.75) is 104 Å². The number of aliphatic hydroxyl groups excluding tert-OH is 1. The van der Waals surface area contributed by atoms with E-state index in [1.165, 1.54) is 5.01 Å². The highest BCUT2D eigenvalue weighted by Gasteiger charge is 2.49. The number of rotatable bonds is 7. The standard InChI is InChI=1S/C41H54N6O6S/c1-22(48)19-46-33-13-12-26-16-28(33)29(37(46)27-10-8-14-42-36(27)25(4)52-7)18-41(5,6)21-53-40(51)30-11-9-15-47(45-30)39(50)31(17-34-43-32(26)20-54-34)44-38(49)35-23(2)24(35)3/h8,10,12-14,16,22-25,30-32,35,45,48H,9,11,15,17-21H2,1-7H3,(H,44,49)/t22-,23-,24+,25-,30-,31-,32?,35+/m0/s1. The maximum Gasteiger partial charge on any atom is 0.324 e. The SMILES string of the molecule is CO[C@@H](C)c1ncccc1-c1c2c3cc(ccc3n1C[C@H](C)O)C1CSC(=N1)C[C@H](NC(=O)[C@H]1[C@H](C)[C@@H]1C)C(=O)N1CCC[C@H](N1)C(=O)OCC(C)(C)C2. The summed E-state index contributed by atoms with van der Waals surface area (Å²) in [5.74, 6) is 0.320. The fourth-order valence-electron chi connectivity index (χ4n) is 8.33. The van der Waals surface area contributed by atoms with E-state index in [1.807, 2.05) is 13.0 Å². The first-order valence-electron chi connectivity index (χ1n) is 19.3. The molecule has 5 heterocycles. The quantitative estimate of drug-likeness (QED) is 0.271. The first kappa shape index (κ1) is 38.5. The van der Waals surface area contributed by atoms with Crippen molar-refractivity contribution in [3.8, 4) is 11.3 Å². The van der Waals surface area contributed by atoms with Crippen LogP contribution in [0, 0.1) is 23.2 Å². The van der Waals surface area contributed by atoms with Gasteiger partial charge in [0.2, 0.25) is 5.91 Å². The molecule has 8 atom stereocenters. The monoisotopic (exact) mass is 758 g/mol. The number of fused-ring (bicyclic) bond motifs is 5. The van der Waals surface area contributed by atoms with Gasteiger partial charge in [0, 0.05) is 66.4 Å². The maximum absolute atomic E-state index is 14.1. The average Bonchev–Trinajstić information content (AvgIpc) is 3.42. The van der Waals surface area contributed by atoms with Crippen LogP contribution < -0.4 is 10.7 Å². The Bertz CT molecular complexity index is 1950. The zero-order chi connectivity index (χ0) is 38.5. The van der Waals surface area contributed by atoms with Crippen molar-refractivity contribution >= 4 is 45.5 Å². The highest BCUT2D eigenvalue weighted by atomic mass is 32.2. The number of aliphatic hydroxyl groups is 1. The van der Waals surface area contributed by atoms with Crippen molar-refractivity contribution in [1.29, 1.82) is 0 Å². The zero-order valence-electron chi connectivity index (χ0n) is 32.4. The molecular weight excluding hydrogens is 705 g/mol. The van der Waals surface area contributed by atoms with Gasteiger partial charge in [-0.05, 0) is 80.3 Å². The number of aliphatic imine (C=N–C) groups is 1. The topological polar surface area (TPSA) is 147 Å². The predicted molar refractivity (Wildman–Crippen MR) is 210 cm³/mol. The van der Waals surface area contributed by atoms with Gasteiger partial charge in [0.1, 0.15) is 12.1 Å². The summed E-state index contributed by atoms with van der Waals surface area (Å²) in [4.78, 5) is 51.1. The normalized spacial score (nSPS) is 28.2. The van der Waals surface area contributed by atoms with E-state index in [0.29, 0.717) is 38.1 Å². The maximum atomic E-state index is 14.1. The number of amides is 2. The van der Waals surface area contributed by atoms with Crippen LogP contribution >= 0.6 is 11.8 Å². The van der Waals surface area contributed by atoms with Crippen LogP contribution in [0.5, 0.6) is 0 Å². The summed E-state index contributed by atoms with van der Waals surface area (Å²) in [6, 6.07) is 8.76. The molecule has 12 nitrogen and oxygen atoms in total. The second kappa shape index (κ2) is 15.4. The molecule has 3 aromatic rings. The van der Waals surface area contributed by atoms with Gasteiger partial charge in [-0.15, -0.1) is 11.8 Å². The summed E-state index contributed by atoms with van der Waals surface area (Å²) in [5.41, 5.74) is 8.41. The number of cyclic esters (lactones) is 1. The zero-order valence-corrected chi connectivity index (χ0v) is 33.2. The number of esters is 1. The number of thioether (sulfide) groups is 1. The van der Waals surface area contributed by atoms with E-state index >= 15 is 0 Å². The van der Waals surface area contributed by atoms with Crippen LogP contribution in [0.15, 0.2) is 41.5 Å². The van der Waals surface area contributed by atoms with Gasteiger partial charge in [0.25, 0.3) is 5.91 Å². The van der Waals surface area contributed by atoms with Crippen LogP contribution in [0.4, 0.5) is 0 Å². The van der Waals surface area contributed by atoms with E-state index in [9.17, 15) is 19.5 Å². The van der Waals surface area contributed by atoms with Gasteiger partial charge in [-0.2, -0.15) is 0 Å². The summed E-state index contributed by atoms with van der Waals surface area (Å²) in [6.45, 7) is 13.0. The minimum Gasteiger partial charge on any atom is -0.464 e. The average molecular weight is 759 g/mol. The Morgan fingerprint density at radius 3 is 2.70 bits per heavy atom. The number of hydrogen-bond donors (Lipinski definition) is 3. The fourth-order valence-corrected chi connectivity index (χ4v) is 9.44. The van der Waals surface area contributed by atoms with Crippen molar-refractivity contribution < 1.29 is 29.0 Å². The number of benzene rings is 1. The molecule has 2 fully saturated rings. The third kappa shape index (κ3) is 7.69. The molecule has 54 heavy (non-hydrogen) atoms. The lowest BCUT2D eigenvalue weighted by Crippen LogP contribution is -2.60. The number of pyridine rings is 1. The number of aromatic nitrogens is 2. The van der Waals surface area contributed by atoms with Crippen LogP contribution in [-0.4, -0.2) is 86.7 Å². The van der Waals surface area contributed by atoms with Crippen molar-refractivity contribution in [3.63, 3.8) is 0 Å². The minimum absolute atomic E-state index is 0.113. The van der Waals surface area contributed by atoms with Crippen LogP contribution in [-0.2, 0) is 36.8 Å². The lowest BCUT2D eigenvalue weighted by Gasteiger charge is -2.35. The second-order valence-electron chi connectivity index (χ2n) is 16.5. The van der Waals surface area contributed by atoms with Gasteiger partial charge in [-0.25, -0.2) is 5.43 Å². The summed E-state index contributed by atoms with van der Waals surface area (Å²) in [6.07, 6.45) is 2.85. The number of nitrogens with one attached hydrogen (secondary N) is 2.